The van der Waals surface area contributed by atoms with E-state index in [0.717, 1.165) is 5.56 Å². The monoisotopic (exact) mass is 714 g/mol. The molecule has 0 saturated carbocycles. The normalized spacial score (nSPS) is 15.0. The first-order valence-corrected chi connectivity index (χ1v) is 15.5. The molecule has 2 amide bonds. The van der Waals surface area contributed by atoms with Crippen molar-refractivity contribution in [1.29, 1.82) is 0 Å². The Bertz CT molecular complexity index is 1630. The van der Waals surface area contributed by atoms with Crippen LogP contribution in [-0.4, -0.2) is 56.5 Å². The van der Waals surface area contributed by atoms with Crippen LogP contribution in [0.25, 0.3) is 0 Å². The first-order chi connectivity index (χ1) is 22.6. The number of nitrogens with zero attached hydrogens (tertiary/aromatic N) is 1. The zero-order valence-corrected chi connectivity index (χ0v) is 27.9. The van der Waals surface area contributed by atoms with E-state index in [9.17, 15) is 19.1 Å². The molecule has 0 radical (unpaired) electrons. The highest BCUT2D eigenvalue weighted by Crippen LogP contribution is 2.37. The summed E-state index contributed by atoms with van der Waals surface area (Å²) in [5.41, 5.74) is 5.28. The average molecular weight is 716 g/mol. The predicted molar refractivity (Wildman–Crippen MR) is 175 cm³/mol. The number of aliphatic hydroxyl groups excluding tert-OH is 1. The van der Waals surface area contributed by atoms with Crippen molar-refractivity contribution in [2.45, 2.75) is 39.6 Å². The molecule has 0 saturated heterocycles. The molecule has 3 aromatic carbocycles. The molecule has 0 spiro atoms. The van der Waals surface area contributed by atoms with Gasteiger partial charge in [-0.05, 0) is 89.8 Å². The van der Waals surface area contributed by atoms with Crippen LogP contribution >= 0.6 is 15.9 Å². The van der Waals surface area contributed by atoms with E-state index in [2.05, 4.69) is 37.1 Å². The summed E-state index contributed by atoms with van der Waals surface area (Å²) in [7, 11) is 1.27. The summed E-state index contributed by atoms with van der Waals surface area (Å²) in [6, 6.07) is 13.3. The smallest absolute Gasteiger partial charge is 0.337 e. The molecule has 4 rings (SSSR count). The largest absolute Gasteiger partial charge is 0.490 e. The number of esters is 1. The predicted octanol–water partition coefficient (Wildman–Crippen LogP) is 5.09. The van der Waals surface area contributed by atoms with Crippen molar-refractivity contribution in [2.24, 2.45) is 5.10 Å². The van der Waals surface area contributed by atoms with E-state index < -0.39 is 24.3 Å². The van der Waals surface area contributed by atoms with Gasteiger partial charge in [-0.25, -0.2) is 14.0 Å². The molecule has 0 aromatic heterocycles. The highest BCUT2D eigenvalue weighted by molar-refractivity contribution is 9.10. The third-order valence-electron chi connectivity index (χ3n) is 6.74. The van der Waals surface area contributed by atoms with Gasteiger partial charge >= 0.3 is 12.0 Å². The van der Waals surface area contributed by atoms with E-state index in [-0.39, 0.29) is 24.6 Å². The van der Waals surface area contributed by atoms with Gasteiger partial charge in [0, 0.05) is 5.70 Å². The lowest BCUT2D eigenvalue weighted by Crippen LogP contribution is -2.45. The summed E-state index contributed by atoms with van der Waals surface area (Å²) in [6.07, 6.45) is 0.316. The van der Waals surface area contributed by atoms with E-state index in [1.54, 1.807) is 56.3 Å². The van der Waals surface area contributed by atoms with Crippen molar-refractivity contribution < 1.29 is 42.8 Å². The van der Waals surface area contributed by atoms with E-state index in [4.69, 9.17) is 23.7 Å². The van der Waals surface area contributed by atoms with Crippen LogP contribution < -0.4 is 35.0 Å². The van der Waals surface area contributed by atoms with Gasteiger partial charge in [-0.1, -0.05) is 18.2 Å². The van der Waals surface area contributed by atoms with Gasteiger partial charge in [0.05, 0.1) is 42.6 Å². The molecule has 4 N–H and O–H groups in total. The number of carbonyl (C=O) groups is 2. The Morgan fingerprint density at radius 3 is 2.47 bits per heavy atom. The quantitative estimate of drug-likeness (QED) is 0.0732. The van der Waals surface area contributed by atoms with Crippen LogP contribution in [-0.2, 0) is 16.1 Å². The van der Waals surface area contributed by atoms with Gasteiger partial charge in [-0.15, -0.1) is 0 Å². The topological polar surface area (TPSA) is 149 Å². The number of hydrogen-bond acceptors (Lipinski definition) is 10. The second-order valence-corrected chi connectivity index (χ2v) is 10.9. The van der Waals surface area contributed by atoms with E-state index in [0.29, 0.717) is 57.5 Å². The van der Waals surface area contributed by atoms with E-state index in [1.165, 1.54) is 25.5 Å². The Balaban J connectivity index is 1.40. The van der Waals surface area contributed by atoms with Crippen LogP contribution in [0, 0.1) is 5.82 Å². The number of nitrogens with one attached hydrogen (secondary N) is 3. The van der Waals surface area contributed by atoms with Crippen molar-refractivity contribution in [2.75, 3.05) is 26.9 Å². The average Bonchev–Trinajstić information content (AvgIpc) is 3.04. The molecule has 0 bridgehead atoms. The highest BCUT2D eigenvalue weighted by atomic mass is 79.9. The van der Waals surface area contributed by atoms with Gasteiger partial charge < -0.3 is 39.4 Å². The van der Waals surface area contributed by atoms with Crippen LogP contribution in [0.3, 0.4) is 0 Å². The van der Waals surface area contributed by atoms with Crippen molar-refractivity contribution in [3.05, 3.63) is 92.8 Å². The Labute approximate surface area is 280 Å². The molecule has 47 heavy (non-hydrogen) atoms. The van der Waals surface area contributed by atoms with Crippen LogP contribution in [0.4, 0.5) is 9.18 Å². The van der Waals surface area contributed by atoms with Crippen LogP contribution in [0.2, 0.25) is 0 Å². The number of methoxy groups -OCH3 is 1. The Kier molecular flexibility index (Phi) is 12.4. The molecular formula is C33H36BrFN4O8. The number of halogens is 2. The number of amides is 2. The first-order valence-electron chi connectivity index (χ1n) is 14.7. The molecule has 1 aliphatic rings. The fourth-order valence-corrected chi connectivity index (χ4v) is 5.20. The molecule has 3 aromatic rings. The minimum Gasteiger partial charge on any atom is -0.490 e. The molecule has 0 unspecified atom stereocenters. The van der Waals surface area contributed by atoms with Gasteiger partial charge in [-0.2, -0.15) is 5.10 Å². The number of urea groups is 1. The van der Waals surface area contributed by atoms with Gasteiger partial charge in [0.25, 0.3) is 0 Å². The number of hydrogen-bond donors (Lipinski definition) is 4. The number of ether oxygens (including phenoxy) is 5. The molecular weight excluding hydrogens is 679 g/mol. The lowest BCUT2D eigenvalue weighted by molar-refractivity contribution is -0.136. The maximum atomic E-state index is 13.2. The number of carbonyl (C=O) groups excluding carboxylic acids is 2. The molecule has 0 aliphatic carbocycles. The van der Waals surface area contributed by atoms with Crippen LogP contribution in [0.1, 0.15) is 43.5 Å². The lowest BCUT2D eigenvalue weighted by atomic mass is 9.95. The van der Waals surface area contributed by atoms with Gasteiger partial charge in [0.15, 0.2) is 29.2 Å². The highest BCUT2D eigenvalue weighted by Gasteiger charge is 2.32. The molecule has 2 atom stereocenters. The fraction of sp³-hybridized carbons (Fsp3) is 0.303. The van der Waals surface area contributed by atoms with Crippen molar-refractivity contribution in [3.63, 3.8) is 0 Å². The summed E-state index contributed by atoms with van der Waals surface area (Å²) in [5.74, 6) is 0.752. The number of allylic oxidation sites excluding steroid dienone is 1. The molecule has 1 heterocycles. The summed E-state index contributed by atoms with van der Waals surface area (Å²) in [6.45, 7) is 6.02. The van der Waals surface area contributed by atoms with Crippen LogP contribution in [0.5, 0.6) is 23.0 Å². The van der Waals surface area contributed by atoms with Gasteiger partial charge in [0.2, 0.25) is 0 Å². The third kappa shape index (κ3) is 9.36. The third-order valence-corrected chi connectivity index (χ3v) is 7.33. The fourth-order valence-electron chi connectivity index (χ4n) is 4.62. The molecule has 0 fully saturated rings. The Morgan fingerprint density at radius 1 is 1.04 bits per heavy atom. The van der Waals surface area contributed by atoms with Gasteiger partial charge in [0.1, 0.15) is 19.0 Å². The minimum absolute atomic E-state index is 0.183. The maximum Gasteiger partial charge on any atom is 0.337 e. The number of rotatable bonds is 15. The van der Waals surface area contributed by atoms with Crippen molar-refractivity contribution in [1.82, 2.24) is 16.1 Å². The van der Waals surface area contributed by atoms with E-state index >= 15 is 0 Å². The summed E-state index contributed by atoms with van der Waals surface area (Å²) >= 11 is 3.52. The molecule has 1 aliphatic heterocycles. The maximum absolute atomic E-state index is 13.2. The summed E-state index contributed by atoms with van der Waals surface area (Å²) in [5, 5.41) is 19.9. The lowest BCUT2D eigenvalue weighted by Gasteiger charge is -2.28. The molecule has 12 nitrogen and oxygen atoms in total. The first kappa shape index (κ1) is 35.0. The number of hydrazone groups is 1. The zero-order valence-electron chi connectivity index (χ0n) is 26.3. The number of aliphatic hydroxyl groups is 1. The minimum atomic E-state index is -1.19. The Morgan fingerprint density at radius 2 is 1.77 bits per heavy atom. The second kappa shape index (κ2) is 16.7. The number of benzene rings is 3. The van der Waals surface area contributed by atoms with Crippen molar-refractivity contribution in [3.8, 4) is 23.0 Å². The molecule has 14 heteroatoms. The van der Waals surface area contributed by atoms with Crippen molar-refractivity contribution >= 4 is 34.1 Å². The molecule has 250 valence electrons. The summed E-state index contributed by atoms with van der Waals surface area (Å²) < 4.78 is 42.1. The van der Waals surface area contributed by atoms with E-state index in [1.807, 2.05) is 6.92 Å². The SMILES string of the molecule is CCOc1cc([C@@H]2NC(=O)NC(C)=C2C(=O)OC)ccc1OC[C@H](O)N/N=C\c1cc(Br)c(OCc2ccc(F)cc2)c(OCC)c1. The summed E-state index contributed by atoms with van der Waals surface area (Å²) in [4.78, 5) is 24.6. The zero-order chi connectivity index (χ0) is 33.9. The van der Waals surface area contributed by atoms with Gasteiger partial charge in [-0.3, -0.25) is 5.43 Å². The van der Waals surface area contributed by atoms with Crippen LogP contribution in [0.15, 0.2) is 75.4 Å². The standard InChI is InChI=1S/C33H36BrFN4O8/c1-5-44-26-15-22(30-29(32(41)43-4)19(3)37-33(42)38-30)9-12-25(26)46-18-28(40)39-36-16-21-13-24(34)31(27(14-21)45-6-2)47-17-20-7-10-23(35)11-8-20/h7-16,28,30,39-40H,5-6,17-18H2,1-4H3,(H2,37,38,42)/b36-16-/t28-,30-/m0/s1. The second-order valence-electron chi connectivity index (χ2n) is 10.1. The Hall–Kier alpha value is -4.82.